The quantitative estimate of drug-likeness (QED) is 0.736. The van der Waals surface area contributed by atoms with Crippen molar-refractivity contribution in [3.8, 4) is 5.75 Å². The van der Waals surface area contributed by atoms with Crippen molar-refractivity contribution in [2.24, 2.45) is 22.4 Å². The van der Waals surface area contributed by atoms with Gasteiger partial charge in [0.05, 0.1) is 12.2 Å². The van der Waals surface area contributed by atoms with Gasteiger partial charge in [-0.3, -0.25) is 0 Å². The minimum absolute atomic E-state index is 0.0643. The fourth-order valence-corrected chi connectivity index (χ4v) is 6.54. The van der Waals surface area contributed by atoms with Gasteiger partial charge in [0, 0.05) is 5.92 Å². The maximum Gasteiger partial charge on any atom is 0.380 e. The number of aliphatic hydroxyl groups excluding tert-OH is 1. The van der Waals surface area contributed by atoms with Crippen LogP contribution in [0.5, 0.6) is 5.75 Å². The second-order valence-corrected chi connectivity index (χ2v) is 9.76. The summed E-state index contributed by atoms with van der Waals surface area (Å²) in [7, 11) is -4.04. The molecule has 1 aromatic rings. The molecule has 3 aliphatic carbocycles. The van der Waals surface area contributed by atoms with E-state index in [1.165, 1.54) is 5.56 Å². The Morgan fingerprint density at radius 2 is 2.11 bits per heavy atom. The fourth-order valence-electron chi connectivity index (χ4n) is 6.01. The Kier molecular flexibility index (Phi) is 4.96. The van der Waals surface area contributed by atoms with E-state index in [1.54, 1.807) is 12.1 Å². The molecule has 8 heteroatoms. The summed E-state index contributed by atoms with van der Waals surface area (Å²) in [5, 5.41) is 15.6. The number of benzene rings is 1. The van der Waals surface area contributed by atoms with Crippen LogP contribution in [0, 0.1) is 17.3 Å². The van der Waals surface area contributed by atoms with Crippen LogP contribution in [0.1, 0.15) is 49.7 Å². The zero-order valence-electron chi connectivity index (χ0n) is 15.3. The van der Waals surface area contributed by atoms with Gasteiger partial charge in [0.2, 0.25) is 0 Å². The third-order valence-corrected chi connectivity index (χ3v) is 7.64. The number of fused-ring (bicyclic) bond motifs is 5. The highest BCUT2D eigenvalue weighted by Gasteiger charge is 2.58. The van der Waals surface area contributed by atoms with Crippen LogP contribution in [-0.2, 0) is 21.5 Å². The zero-order valence-corrected chi connectivity index (χ0v) is 16.9. The molecule has 6 nitrogen and oxygen atoms in total. The molecule has 0 bridgehead atoms. The average molecular weight is 416 g/mol. The Hall–Kier alpha value is -0.860. The van der Waals surface area contributed by atoms with Crippen molar-refractivity contribution in [2.45, 2.75) is 57.2 Å². The lowest BCUT2D eigenvalue weighted by atomic mass is 9.54. The van der Waals surface area contributed by atoms with E-state index in [0.29, 0.717) is 11.8 Å². The monoisotopic (exact) mass is 415 g/mol. The standard InChI is InChI=1S/C19H26ClNO5S/c1-19-9-16(25-10-20)18-13-5-3-12(26-27(21,23)24)8-11(13)2-4-14(18)15(19)6-7-17(19)22/h3,5,8,14-18,22H,2,4,6-7,9-10H2,1H3,(H2,21,23,24)/t14?,15?,16-,17-,18?,19-/m0/s1. The number of ether oxygens (including phenoxy) is 1. The first kappa shape index (κ1) is 19.5. The zero-order chi connectivity index (χ0) is 19.4. The summed E-state index contributed by atoms with van der Waals surface area (Å²) in [4.78, 5) is 0. The number of aliphatic hydroxyl groups is 1. The van der Waals surface area contributed by atoms with Crippen LogP contribution < -0.4 is 9.32 Å². The van der Waals surface area contributed by atoms with Crippen molar-refractivity contribution in [1.29, 1.82) is 0 Å². The first-order valence-corrected chi connectivity index (χ1v) is 11.4. The Morgan fingerprint density at radius 3 is 2.81 bits per heavy atom. The largest absolute Gasteiger partial charge is 0.393 e. The SMILES string of the molecule is C[C@]12C[C@H](OCCl)C3c4ccc(OS(N)(=O)=O)cc4CCC3C1CC[C@@H]2O. The molecule has 4 rings (SSSR count). The number of aryl methyl sites for hydroxylation is 1. The highest BCUT2D eigenvalue weighted by molar-refractivity contribution is 7.84. The van der Waals surface area contributed by atoms with Gasteiger partial charge in [-0.15, -0.1) is 0 Å². The van der Waals surface area contributed by atoms with Crippen LogP contribution in [0.4, 0.5) is 0 Å². The molecule has 1 aromatic carbocycles. The van der Waals surface area contributed by atoms with E-state index in [1.807, 2.05) is 6.07 Å². The van der Waals surface area contributed by atoms with Gasteiger partial charge in [0.1, 0.15) is 11.8 Å². The number of halogens is 1. The molecule has 0 heterocycles. The van der Waals surface area contributed by atoms with Gasteiger partial charge >= 0.3 is 10.3 Å². The Balaban J connectivity index is 1.71. The summed E-state index contributed by atoms with van der Waals surface area (Å²) in [5.74, 6) is 1.31. The van der Waals surface area contributed by atoms with Crippen LogP contribution >= 0.6 is 11.6 Å². The summed E-state index contributed by atoms with van der Waals surface area (Å²) >= 11 is 5.93. The Morgan fingerprint density at radius 1 is 1.33 bits per heavy atom. The minimum Gasteiger partial charge on any atom is -0.393 e. The number of hydrogen-bond acceptors (Lipinski definition) is 5. The molecule has 2 saturated carbocycles. The molecule has 3 unspecified atom stereocenters. The summed E-state index contributed by atoms with van der Waals surface area (Å²) in [6, 6.07) is 5.48. The second kappa shape index (κ2) is 6.88. The molecule has 3 N–H and O–H groups in total. The molecule has 0 aromatic heterocycles. The minimum atomic E-state index is -4.04. The van der Waals surface area contributed by atoms with Crippen LogP contribution in [0.3, 0.4) is 0 Å². The van der Waals surface area contributed by atoms with Crippen molar-refractivity contribution in [3.05, 3.63) is 29.3 Å². The number of hydrogen-bond donors (Lipinski definition) is 2. The lowest BCUT2D eigenvalue weighted by molar-refractivity contribution is -0.0967. The third-order valence-electron chi connectivity index (χ3n) is 7.09. The topological polar surface area (TPSA) is 98.9 Å². The van der Waals surface area contributed by atoms with E-state index in [-0.39, 0.29) is 35.4 Å². The molecule has 0 amide bonds. The van der Waals surface area contributed by atoms with Gasteiger partial charge in [0.15, 0.2) is 0 Å². The molecule has 3 aliphatic rings. The lowest BCUT2D eigenvalue weighted by Crippen LogP contribution is -2.50. The molecule has 0 aliphatic heterocycles. The van der Waals surface area contributed by atoms with Crippen molar-refractivity contribution in [1.82, 2.24) is 0 Å². The predicted octanol–water partition coefficient (Wildman–Crippen LogP) is 2.68. The van der Waals surface area contributed by atoms with Gasteiger partial charge < -0.3 is 14.0 Å². The summed E-state index contributed by atoms with van der Waals surface area (Å²) in [6.45, 7) is 2.19. The third kappa shape index (κ3) is 3.38. The maximum absolute atomic E-state index is 11.2. The molecule has 2 fully saturated rings. The van der Waals surface area contributed by atoms with E-state index in [0.717, 1.165) is 37.7 Å². The van der Waals surface area contributed by atoms with Crippen LogP contribution in [0.15, 0.2) is 18.2 Å². The van der Waals surface area contributed by atoms with Crippen molar-refractivity contribution in [3.63, 3.8) is 0 Å². The fraction of sp³-hybridized carbons (Fsp3) is 0.684. The van der Waals surface area contributed by atoms with Gasteiger partial charge in [-0.2, -0.15) is 13.6 Å². The van der Waals surface area contributed by atoms with Crippen molar-refractivity contribution >= 4 is 21.9 Å². The second-order valence-electron chi connectivity index (χ2n) is 8.39. The smallest absolute Gasteiger partial charge is 0.380 e. The summed E-state index contributed by atoms with van der Waals surface area (Å²) in [5.41, 5.74) is 2.11. The maximum atomic E-state index is 11.2. The van der Waals surface area contributed by atoms with E-state index >= 15 is 0 Å². The van der Waals surface area contributed by atoms with E-state index in [4.69, 9.17) is 25.7 Å². The van der Waals surface area contributed by atoms with Gasteiger partial charge in [-0.25, -0.2) is 0 Å². The average Bonchev–Trinajstić information content (AvgIpc) is 2.88. The molecule has 0 radical (unpaired) electrons. The normalized spacial score (nSPS) is 38.0. The van der Waals surface area contributed by atoms with Crippen molar-refractivity contribution in [2.75, 3.05) is 6.07 Å². The Labute approximate surface area is 165 Å². The molecule has 150 valence electrons. The highest BCUT2D eigenvalue weighted by atomic mass is 35.5. The first-order chi connectivity index (χ1) is 12.7. The van der Waals surface area contributed by atoms with E-state index in [2.05, 4.69) is 6.92 Å². The van der Waals surface area contributed by atoms with E-state index < -0.39 is 10.3 Å². The predicted molar refractivity (Wildman–Crippen MR) is 102 cm³/mol. The van der Waals surface area contributed by atoms with Gasteiger partial charge in [-0.1, -0.05) is 24.6 Å². The van der Waals surface area contributed by atoms with Crippen LogP contribution in [-0.4, -0.2) is 31.8 Å². The van der Waals surface area contributed by atoms with Gasteiger partial charge in [0.25, 0.3) is 0 Å². The number of alkyl halides is 1. The van der Waals surface area contributed by atoms with Crippen molar-refractivity contribution < 1.29 is 22.4 Å². The molecular formula is C19H26ClNO5S. The lowest BCUT2D eigenvalue weighted by Gasteiger charge is -2.53. The van der Waals surface area contributed by atoms with E-state index in [9.17, 15) is 13.5 Å². The number of nitrogens with two attached hydrogens (primary N) is 1. The summed E-state index contributed by atoms with van der Waals surface area (Å²) < 4.78 is 33.2. The van der Waals surface area contributed by atoms with Gasteiger partial charge in [-0.05, 0) is 72.6 Å². The molecule has 27 heavy (non-hydrogen) atoms. The van der Waals surface area contributed by atoms with Crippen LogP contribution in [0.25, 0.3) is 0 Å². The first-order valence-electron chi connectivity index (χ1n) is 9.43. The molecule has 0 saturated heterocycles. The van der Waals surface area contributed by atoms with Crippen LogP contribution in [0.2, 0.25) is 0 Å². The molecule has 0 spiro atoms. The Bertz CT molecular complexity index is 831. The highest BCUT2D eigenvalue weighted by Crippen LogP contribution is 2.61. The molecule has 6 atom stereocenters. The molecular weight excluding hydrogens is 390 g/mol. The summed E-state index contributed by atoms with van der Waals surface area (Å²) in [6.07, 6.45) is 4.12. The number of rotatable bonds is 4.